The second kappa shape index (κ2) is 18.6. The third-order valence-corrected chi connectivity index (χ3v) is 7.59. The zero-order valence-corrected chi connectivity index (χ0v) is 27.6. The number of hydrogen-bond acceptors (Lipinski definition) is 10. The first-order valence-electron chi connectivity index (χ1n) is 15.1. The summed E-state index contributed by atoms with van der Waals surface area (Å²) < 4.78 is 16.7. The maximum absolute atomic E-state index is 13.9. The summed E-state index contributed by atoms with van der Waals surface area (Å²) in [5.74, 6) is -1.50. The molecule has 5 N–H and O–H groups in total. The van der Waals surface area contributed by atoms with Gasteiger partial charge in [-0.2, -0.15) is 0 Å². The van der Waals surface area contributed by atoms with Crippen LogP contribution in [0, 0.1) is 11.8 Å². The number of carbonyl (C=O) groups excluding carboxylic acids is 3. The Balaban J connectivity index is 2.72. The van der Waals surface area contributed by atoms with Crippen LogP contribution in [0.15, 0.2) is 89.0 Å². The Kier molecular flexibility index (Phi) is 15.4. The number of rotatable bonds is 9. The van der Waals surface area contributed by atoms with E-state index in [-0.39, 0.29) is 36.0 Å². The standard InChI is InChI=1S/C34H48N4O8/c1-9-14-36-29-24-16-20(3)17-28(44-8)30(39)22(5)18-23(6)32(46-34(35)42)27(43-7)13-11-12-21(4)33(41)37-26(31(24)40)19-25(29)38-45-15-10-2/h9-13,18-20,22,27-28,30,32,36,39H,1-2,14-17H2,3-8H3,(H2,35,42)(H,37,41)/b13-11-,21-12+,23-18+,38-25-/t20-,22+,27+,28+,30-,32+/m1/s1. The number of primary amides is 1. The quantitative estimate of drug-likeness (QED) is 0.127. The number of fused-ring (bicyclic) bond motifs is 2. The van der Waals surface area contributed by atoms with Crippen LogP contribution in [0.1, 0.15) is 40.5 Å². The van der Waals surface area contributed by atoms with Crippen molar-refractivity contribution in [1.82, 2.24) is 10.6 Å². The summed E-state index contributed by atoms with van der Waals surface area (Å²) >= 11 is 0. The molecule has 0 saturated heterocycles. The molecular formula is C34H48N4O8. The lowest BCUT2D eigenvalue weighted by molar-refractivity contribution is -0.119. The van der Waals surface area contributed by atoms with E-state index >= 15 is 0 Å². The maximum Gasteiger partial charge on any atom is 0.405 e. The molecule has 2 rings (SSSR count). The maximum atomic E-state index is 13.9. The number of carbonyl (C=O) groups is 3. The molecule has 0 aromatic heterocycles. The predicted octanol–water partition coefficient (Wildman–Crippen LogP) is 3.53. The minimum Gasteiger partial charge on any atom is -0.439 e. The smallest absolute Gasteiger partial charge is 0.405 e. The molecule has 6 atom stereocenters. The van der Waals surface area contributed by atoms with E-state index in [1.54, 1.807) is 38.2 Å². The fourth-order valence-corrected chi connectivity index (χ4v) is 5.20. The Bertz CT molecular complexity index is 1330. The highest BCUT2D eigenvalue weighted by Crippen LogP contribution is 2.29. The highest BCUT2D eigenvalue weighted by molar-refractivity contribution is 6.25. The molecule has 1 aliphatic heterocycles. The molecule has 46 heavy (non-hydrogen) atoms. The molecular weight excluding hydrogens is 592 g/mol. The number of Topliss-reactive ketones (excluding diaryl/α,β-unsaturated/α-hetero) is 1. The van der Waals surface area contributed by atoms with Crippen molar-refractivity contribution in [2.75, 3.05) is 27.4 Å². The molecule has 0 fully saturated rings. The van der Waals surface area contributed by atoms with Crippen LogP contribution >= 0.6 is 0 Å². The number of aliphatic hydroxyl groups excluding tert-OH is 1. The van der Waals surface area contributed by atoms with E-state index < -0.39 is 42.3 Å². The number of methoxy groups -OCH3 is 2. The summed E-state index contributed by atoms with van der Waals surface area (Å²) in [5, 5.41) is 21.5. The van der Waals surface area contributed by atoms with E-state index in [1.165, 1.54) is 32.4 Å². The van der Waals surface area contributed by atoms with Gasteiger partial charge < -0.3 is 40.5 Å². The number of nitrogens with one attached hydrogen (secondary N) is 2. The van der Waals surface area contributed by atoms with E-state index in [1.807, 2.05) is 13.8 Å². The molecule has 0 radical (unpaired) electrons. The zero-order valence-electron chi connectivity index (χ0n) is 27.6. The summed E-state index contributed by atoms with van der Waals surface area (Å²) in [6.07, 6.45) is 7.58. The van der Waals surface area contributed by atoms with E-state index in [0.29, 0.717) is 35.5 Å². The summed E-state index contributed by atoms with van der Waals surface area (Å²) in [5.41, 5.74) is 7.43. The molecule has 0 aromatic carbocycles. The first-order valence-corrected chi connectivity index (χ1v) is 15.1. The number of amides is 2. The largest absolute Gasteiger partial charge is 0.439 e. The van der Waals surface area contributed by atoms with Gasteiger partial charge in [-0.25, -0.2) is 4.79 Å². The van der Waals surface area contributed by atoms with Crippen LogP contribution in [0.4, 0.5) is 4.79 Å². The molecule has 1 heterocycles. The number of hydrogen-bond donors (Lipinski definition) is 4. The van der Waals surface area contributed by atoms with Gasteiger partial charge in [-0.3, -0.25) is 9.59 Å². The van der Waals surface area contributed by atoms with Gasteiger partial charge in [0, 0.05) is 37.8 Å². The number of nitrogens with two attached hydrogens (primary N) is 1. The Hall–Kier alpha value is -4.26. The highest BCUT2D eigenvalue weighted by atomic mass is 16.6. The van der Waals surface area contributed by atoms with Gasteiger partial charge in [-0.1, -0.05) is 62.0 Å². The van der Waals surface area contributed by atoms with E-state index in [0.717, 1.165) is 0 Å². The van der Waals surface area contributed by atoms with Gasteiger partial charge in [0.05, 0.1) is 23.6 Å². The third kappa shape index (κ3) is 10.7. The molecule has 12 heteroatoms. The fourth-order valence-electron chi connectivity index (χ4n) is 5.20. The van der Waals surface area contributed by atoms with Crippen molar-refractivity contribution < 1.29 is 38.5 Å². The average molecular weight is 641 g/mol. The fraction of sp³-hybridized carbons (Fsp3) is 0.471. The minimum atomic E-state index is -0.993. The number of oxime groups is 1. The molecule has 0 aromatic rings. The lowest BCUT2D eigenvalue weighted by atomic mass is 9.85. The van der Waals surface area contributed by atoms with Crippen molar-refractivity contribution in [3.05, 3.63) is 83.8 Å². The Labute approximate surface area is 271 Å². The monoisotopic (exact) mass is 640 g/mol. The van der Waals surface area contributed by atoms with Crippen molar-refractivity contribution in [2.45, 2.75) is 65.0 Å². The van der Waals surface area contributed by atoms with Crippen molar-refractivity contribution in [2.24, 2.45) is 22.7 Å². The summed E-state index contributed by atoms with van der Waals surface area (Å²) in [6, 6.07) is 0. The summed E-state index contributed by atoms with van der Waals surface area (Å²) in [4.78, 5) is 44.3. The van der Waals surface area contributed by atoms with Crippen LogP contribution in [-0.4, -0.2) is 80.4 Å². The second-order valence-corrected chi connectivity index (χ2v) is 11.3. The van der Waals surface area contributed by atoms with Crippen LogP contribution in [-0.2, 0) is 28.6 Å². The summed E-state index contributed by atoms with van der Waals surface area (Å²) in [6.45, 7) is 15.0. The lowest BCUT2D eigenvalue weighted by Crippen LogP contribution is -2.38. The summed E-state index contributed by atoms with van der Waals surface area (Å²) in [7, 11) is 2.96. The normalized spacial score (nSPS) is 30.6. The number of nitrogens with zero attached hydrogens (tertiary/aromatic N) is 1. The Morgan fingerprint density at radius 1 is 1.20 bits per heavy atom. The van der Waals surface area contributed by atoms with Gasteiger partial charge >= 0.3 is 6.09 Å². The predicted molar refractivity (Wildman–Crippen MR) is 176 cm³/mol. The number of ketones is 1. The molecule has 0 spiro atoms. The van der Waals surface area contributed by atoms with Gasteiger partial charge in [-0.05, 0) is 44.3 Å². The topological polar surface area (TPSA) is 171 Å². The molecule has 0 unspecified atom stereocenters. The molecule has 12 nitrogen and oxygen atoms in total. The van der Waals surface area contributed by atoms with Gasteiger partial charge in [0.15, 0.2) is 6.10 Å². The Morgan fingerprint density at radius 2 is 1.91 bits per heavy atom. The molecule has 2 amide bonds. The molecule has 252 valence electrons. The molecule has 1 aliphatic carbocycles. The minimum absolute atomic E-state index is 0.0217. The van der Waals surface area contributed by atoms with Crippen LogP contribution in [0.5, 0.6) is 0 Å². The van der Waals surface area contributed by atoms with E-state index in [2.05, 4.69) is 28.9 Å². The van der Waals surface area contributed by atoms with Crippen LogP contribution < -0.4 is 16.4 Å². The van der Waals surface area contributed by atoms with Crippen LogP contribution in [0.25, 0.3) is 0 Å². The zero-order chi connectivity index (χ0) is 34.4. The van der Waals surface area contributed by atoms with Gasteiger partial charge in [0.1, 0.15) is 18.4 Å². The van der Waals surface area contributed by atoms with Gasteiger partial charge in [-0.15, -0.1) is 6.58 Å². The highest BCUT2D eigenvalue weighted by Gasteiger charge is 2.33. The number of ether oxygens (including phenoxy) is 3. The number of allylic oxidation sites excluding steroid dienone is 4. The first-order chi connectivity index (χ1) is 21.9. The SMILES string of the molecule is C=CCNC1=C2C[C@@H](C)C[C@H](OC)[C@H](O)[C@@H](C)/C=C(\C)[C@H](OC(N)=O)[C@@H](OC)/C=C\C=C(/C)C(=O)NC(=C/C1=N/OCC=C)C2=O. The van der Waals surface area contributed by atoms with Crippen molar-refractivity contribution in [3.63, 3.8) is 0 Å². The van der Waals surface area contributed by atoms with E-state index in [4.69, 9.17) is 24.8 Å². The molecule has 0 saturated carbocycles. The van der Waals surface area contributed by atoms with Crippen LogP contribution in [0.2, 0.25) is 0 Å². The first kappa shape index (κ1) is 37.9. The van der Waals surface area contributed by atoms with Crippen molar-refractivity contribution in [3.8, 4) is 0 Å². The second-order valence-electron chi connectivity index (χ2n) is 11.3. The van der Waals surface area contributed by atoms with Gasteiger partial charge in [0.25, 0.3) is 5.91 Å². The average Bonchev–Trinajstić information content (AvgIpc) is 3.01. The van der Waals surface area contributed by atoms with E-state index in [9.17, 15) is 19.5 Å². The van der Waals surface area contributed by atoms with Crippen molar-refractivity contribution in [1.29, 1.82) is 0 Å². The number of aliphatic hydroxyl groups is 1. The lowest BCUT2D eigenvalue weighted by Gasteiger charge is -2.30. The molecule has 2 aliphatic rings. The molecule has 2 bridgehead atoms. The van der Waals surface area contributed by atoms with Crippen molar-refractivity contribution >= 4 is 23.5 Å². The van der Waals surface area contributed by atoms with Gasteiger partial charge in [0.2, 0.25) is 5.78 Å². The Morgan fingerprint density at radius 3 is 2.52 bits per heavy atom. The third-order valence-electron chi connectivity index (χ3n) is 7.59. The van der Waals surface area contributed by atoms with Crippen LogP contribution in [0.3, 0.4) is 0 Å².